The molecule has 0 aliphatic heterocycles. The predicted molar refractivity (Wildman–Crippen MR) is 230 cm³/mol. The largest absolute Gasteiger partial charge is 0.310 e. The molecule has 54 heavy (non-hydrogen) atoms. The van der Waals surface area contributed by atoms with Crippen LogP contribution in [0, 0.1) is 0 Å². The summed E-state index contributed by atoms with van der Waals surface area (Å²) in [4.78, 5) is 2.41. The molecule has 256 valence electrons. The monoisotopic (exact) mass is 689 g/mol. The number of anilines is 3. The zero-order valence-electron chi connectivity index (χ0n) is 30.5. The lowest BCUT2D eigenvalue weighted by atomic mass is 9.81. The third-order valence-electron chi connectivity index (χ3n) is 11.5. The van der Waals surface area contributed by atoms with Crippen molar-refractivity contribution in [2.24, 2.45) is 0 Å². The molecule has 0 amide bonds. The van der Waals surface area contributed by atoms with Crippen LogP contribution in [0.3, 0.4) is 0 Å². The lowest BCUT2D eigenvalue weighted by Crippen LogP contribution is -2.14. The van der Waals surface area contributed by atoms with Gasteiger partial charge in [0.05, 0.1) is 5.69 Å². The molecule has 0 spiro atoms. The molecule has 0 heterocycles. The Bertz CT molecular complexity index is 2850. The topological polar surface area (TPSA) is 3.24 Å². The van der Waals surface area contributed by atoms with Crippen LogP contribution in [0.2, 0.25) is 0 Å². The van der Waals surface area contributed by atoms with Crippen LogP contribution in [0.1, 0.15) is 25.0 Å². The van der Waals surface area contributed by atoms with E-state index in [4.69, 9.17) is 0 Å². The van der Waals surface area contributed by atoms with Gasteiger partial charge < -0.3 is 4.90 Å². The van der Waals surface area contributed by atoms with Gasteiger partial charge in [-0.3, -0.25) is 0 Å². The molecule has 1 aliphatic carbocycles. The Morgan fingerprint density at radius 2 is 0.889 bits per heavy atom. The van der Waals surface area contributed by atoms with Gasteiger partial charge in [-0.05, 0) is 114 Å². The first-order chi connectivity index (χ1) is 26.5. The second-order valence-electron chi connectivity index (χ2n) is 15.0. The van der Waals surface area contributed by atoms with Crippen LogP contribution in [-0.4, -0.2) is 0 Å². The average molecular weight is 690 g/mol. The minimum absolute atomic E-state index is 0.0353. The zero-order chi connectivity index (χ0) is 36.2. The summed E-state index contributed by atoms with van der Waals surface area (Å²) in [5.74, 6) is 0. The Morgan fingerprint density at radius 1 is 0.333 bits per heavy atom. The molecule has 9 aromatic rings. The quantitative estimate of drug-likeness (QED) is 0.168. The maximum absolute atomic E-state index is 2.41. The second-order valence-corrected chi connectivity index (χ2v) is 15.0. The van der Waals surface area contributed by atoms with Crippen molar-refractivity contribution < 1.29 is 0 Å². The smallest absolute Gasteiger partial charge is 0.0540 e. The van der Waals surface area contributed by atoms with Gasteiger partial charge in [0.1, 0.15) is 0 Å². The fourth-order valence-corrected chi connectivity index (χ4v) is 8.69. The van der Waals surface area contributed by atoms with Crippen LogP contribution in [-0.2, 0) is 5.41 Å². The highest BCUT2D eigenvalue weighted by Gasteiger charge is 2.35. The van der Waals surface area contributed by atoms with Gasteiger partial charge in [-0.15, -0.1) is 0 Å². The maximum Gasteiger partial charge on any atom is 0.0540 e. The van der Waals surface area contributed by atoms with Crippen molar-refractivity contribution in [3.63, 3.8) is 0 Å². The number of nitrogens with zero attached hydrogens (tertiary/aromatic N) is 1. The minimum atomic E-state index is -0.0353. The highest BCUT2D eigenvalue weighted by Crippen LogP contribution is 2.50. The highest BCUT2D eigenvalue weighted by atomic mass is 15.1. The summed E-state index contributed by atoms with van der Waals surface area (Å²) < 4.78 is 0. The standard InChI is InChI=1S/C53H39N/c1-53(2)50-25-8-7-23-48(50)49-32-29-41(35-51(49)53)36-27-30-43(31-28-36)54(52-26-12-16-38-14-4-6-22-47(38)52)44-20-10-18-40(34-44)39-17-9-19-42(33-39)46-24-11-15-37-13-3-5-21-45(37)46/h3-35H,1-2H3. The third kappa shape index (κ3) is 5.32. The fourth-order valence-electron chi connectivity index (χ4n) is 8.69. The molecule has 0 saturated heterocycles. The Labute approximate surface area is 317 Å². The van der Waals surface area contributed by atoms with Crippen molar-refractivity contribution in [2.45, 2.75) is 19.3 Å². The maximum atomic E-state index is 2.41. The van der Waals surface area contributed by atoms with Crippen LogP contribution < -0.4 is 4.90 Å². The first-order valence-electron chi connectivity index (χ1n) is 18.8. The molecule has 0 atom stereocenters. The lowest BCUT2D eigenvalue weighted by molar-refractivity contribution is 0.660. The van der Waals surface area contributed by atoms with Crippen molar-refractivity contribution in [2.75, 3.05) is 4.90 Å². The van der Waals surface area contributed by atoms with E-state index >= 15 is 0 Å². The summed E-state index contributed by atoms with van der Waals surface area (Å²) in [6.07, 6.45) is 0. The molecular weight excluding hydrogens is 651 g/mol. The number of fused-ring (bicyclic) bond motifs is 5. The molecule has 0 radical (unpaired) electrons. The van der Waals surface area contributed by atoms with Crippen LogP contribution in [0.15, 0.2) is 200 Å². The van der Waals surface area contributed by atoms with Crippen LogP contribution >= 0.6 is 0 Å². The summed E-state index contributed by atoms with van der Waals surface area (Å²) >= 11 is 0. The van der Waals surface area contributed by atoms with Crippen LogP contribution in [0.4, 0.5) is 17.1 Å². The van der Waals surface area contributed by atoms with Gasteiger partial charge in [-0.1, -0.05) is 172 Å². The Morgan fingerprint density at radius 3 is 1.72 bits per heavy atom. The van der Waals surface area contributed by atoms with Crippen LogP contribution in [0.5, 0.6) is 0 Å². The van der Waals surface area contributed by atoms with Crippen molar-refractivity contribution in [1.29, 1.82) is 0 Å². The molecule has 0 saturated carbocycles. The number of benzene rings is 9. The molecule has 0 fully saturated rings. The summed E-state index contributed by atoms with van der Waals surface area (Å²) in [7, 11) is 0. The minimum Gasteiger partial charge on any atom is -0.310 e. The molecule has 1 nitrogen and oxygen atoms in total. The predicted octanol–water partition coefficient (Wildman–Crippen LogP) is 14.8. The first-order valence-corrected chi connectivity index (χ1v) is 18.8. The van der Waals surface area contributed by atoms with E-state index in [-0.39, 0.29) is 5.41 Å². The molecule has 0 aromatic heterocycles. The molecule has 1 heteroatoms. The summed E-state index contributed by atoms with van der Waals surface area (Å²) in [6, 6.07) is 73.4. The van der Waals surface area contributed by atoms with E-state index in [0.29, 0.717) is 0 Å². The van der Waals surface area contributed by atoms with Crippen LogP contribution in [0.25, 0.3) is 66.1 Å². The second kappa shape index (κ2) is 12.8. The van der Waals surface area contributed by atoms with E-state index in [2.05, 4.69) is 219 Å². The van der Waals surface area contributed by atoms with Gasteiger partial charge in [0, 0.05) is 22.2 Å². The van der Waals surface area contributed by atoms with E-state index in [1.165, 1.54) is 77.2 Å². The number of hydrogen-bond acceptors (Lipinski definition) is 1. The molecule has 0 unspecified atom stereocenters. The van der Waals surface area contributed by atoms with Gasteiger partial charge in [-0.2, -0.15) is 0 Å². The first kappa shape index (κ1) is 32.0. The Hall–Kier alpha value is -6.70. The average Bonchev–Trinajstić information content (AvgIpc) is 3.46. The van der Waals surface area contributed by atoms with Gasteiger partial charge in [0.2, 0.25) is 0 Å². The van der Waals surface area contributed by atoms with Gasteiger partial charge in [0.25, 0.3) is 0 Å². The summed E-state index contributed by atoms with van der Waals surface area (Å²) in [5, 5.41) is 4.96. The fraction of sp³-hybridized carbons (Fsp3) is 0.0566. The number of hydrogen-bond donors (Lipinski definition) is 0. The van der Waals surface area contributed by atoms with E-state index in [1.807, 2.05) is 0 Å². The van der Waals surface area contributed by atoms with Crippen molar-refractivity contribution in [3.8, 4) is 44.5 Å². The molecule has 1 aliphatic rings. The molecule has 10 rings (SSSR count). The molecule has 0 N–H and O–H groups in total. The normalized spacial score (nSPS) is 12.8. The van der Waals surface area contributed by atoms with Crippen molar-refractivity contribution in [1.82, 2.24) is 0 Å². The zero-order valence-corrected chi connectivity index (χ0v) is 30.5. The van der Waals surface area contributed by atoms with E-state index < -0.39 is 0 Å². The van der Waals surface area contributed by atoms with Crippen molar-refractivity contribution in [3.05, 3.63) is 211 Å². The van der Waals surface area contributed by atoms with Crippen molar-refractivity contribution >= 4 is 38.6 Å². The van der Waals surface area contributed by atoms with Gasteiger partial charge >= 0.3 is 0 Å². The molecule has 9 aromatic carbocycles. The summed E-state index contributed by atoms with van der Waals surface area (Å²) in [6.45, 7) is 4.70. The third-order valence-corrected chi connectivity index (χ3v) is 11.5. The van der Waals surface area contributed by atoms with Gasteiger partial charge in [-0.25, -0.2) is 0 Å². The van der Waals surface area contributed by atoms with E-state index in [1.54, 1.807) is 0 Å². The highest BCUT2D eigenvalue weighted by molar-refractivity contribution is 6.00. The Balaban J connectivity index is 1.06. The SMILES string of the molecule is CC1(C)c2ccccc2-c2ccc(-c3ccc(N(c4cccc(-c5cccc(-c6cccc7ccccc67)c5)c4)c4cccc5ccccc45)cc3)cc21. The van der Waals surface area contributed by atoms with E-state index in [0.717, 1.165) is 17.1 Å². The molecular formula is C53H39N. The summed E-state index contributed by atoms with van der Waals surface area (Å²) in [5.41, 5.74) is 16.1. The Kier molecular flexibility index (Phi) is 7.56. The molecule has 0 bridgehead atoms. The van der Waals surface area contributed by atoms with E-state index in [9.17, 15) is 0 Å². The van der Waals surface area contributed by atoms with Gasteiger partial charge in [0.15, 0.2) is 0 Å². The lowest BCUT2D eigenvalue weighted by Gasteiger charge is -2.27. The number of rotatable bonds is 6.